The van der Waals surface area contributed by atoms with E-state index in [1.165, 1.54) is 11.8 Å². The predicted octanol–water partition coefficient (Wildman–Crippen LogP) is 3.89. The first-order valence-corrected chi connectivity index (χ1v) is 8.12. The minimum absolute atomic E-state index is 0.0232. The average Bonchev–Trinajstić information content (AvgIpc) is 3.20. The van der Waals surface area contributed by atoms with Gasteiger partial charge in [-0.15, -0.1) is 0 Å². The van der Waals surface area contributed by atoms with Gasteiger partial charge >= 0.3 is 5.97 Å². The van der Waals surface area contributed by atoms with Gasteiger partial charge in [-0.25, -0.2) is 4.68 Å². The quantitative estimate of drug-likeness (QED) is 0.848. The van der Waals surface area contributed by atoms with E-state index in [1.54, 1.807) is 4.68 Å². The van der Waals surface area contributed by atoms with Gasteiger partial charge in [0.05, 0.1) is 17.1 Å². The van der Waals surface area contributed by atoms with E-state index in [1.807, 2.05) is 31.2 Å². The fourth-order valence-corrected chi connectivity index (χ4v) is 3.02. The Morgan fingerprint density at radius 3 is 2.86 bits per heavy atom. The van der Waals surface area contributed by atoms with E-state index in [9.17, 15) is 4.79 Å². The second-order valence-corrected chi connectivity index (χ2v) is 6.61. The molecule has 2 aromatic rings. The second kappa shape index (κ2) is 5.73. The molecule has 1 aromatic heterocycles. The molecule has 0 radical (unpaired) electrons. The molecule has 6 heteroatoms. The zero-order valence-electron chi connectivity index (χ0n) is 11.5. The number of aliphatic carboxylic acids is 1. The minimum Gasteiger partial charge on any atom is -0.481 e. The van der Waals surface area contributed by atoms with Gasteiger partial charge in [0.25, 0.3) is 0 Å². The van der Waals surface area contributed by atoms with Crippen LogP contribution in [-0.4, -0.2) is 26.6 Å². The number of benzene rings is 1. The van der Waals surface area contributed by atoms with Crippen LogP contribution in [0.2, 0.25) is 5.02 Å². The Morgan fingerprint density at radius 1 is 1.48 bits per heavy atom. The SMILES string of the molecule is Cc1ccc(-n2nc(C3CC3)cc2SCC(=O)O)cc1Cl. The highest BCUT2D eigenvalue weighted by Crippen LogP contribution is 2.41. The molecule has 21 heavy (non-hydrogen) atoms. The number of aromatic nitrogens is 2. The highest BCUT2D eigenvalue weighted by atomic mass is 35.5. The highest BCUT2D eigenvalue weighted by molar-refractivity contribution is 7.99. The maximum atomic E-state index is 10.8. The maximum Gasteiger partial charge on any atom is 0.313 e. The van der Waals surface area contributed by atoms with Gasteiger partial charge in [0.2, 0.25) is 0 Å². The second-order valence-electron chi connectivity index (χ2n) is 5.21. The fourth-order valence-electron chi connectivity index (χ4n) is 2.10. The molecule has 0 spiro atoms. The highest BCUT2D eigenvalue weighted by Gasteiger charge is 2.27. The normalized spacial score (nSPS) is 14.4. The Balaban J connectivity index is 1.97. The molecule has 0 amide bonds. The van der Waals surface area contributed by atoms with E-state index in [4.69, 9.17) is 16.7 Å². The molecule has 0 bridgehead atoms. The van der Waals surface area contributed by atoms with Crippen molar-refractivity contribution in [3.63, 3.8) is 0 Å². The van der Waals surface area contributed by atoms with Crippen molar-refractivity contribution in [2.45, 2.75) is 30.7 Å². The van der Waals surface area contributed by atoms with Gasteiger partial charge in [-0.05, 0) is 43.5 Å². The molecule has 1 saturated carbocycles. The lowest BCUT2D eigenvalue weighted by atomic mass is 10.2. The monoisotopic (exact) mass is 322 g/mol. The predicted molar refractivity (Wildman–Crippen MR) is 83.6 cm³/mol. The van der Waals surface area contributed by atoms with Crippen LogP contribution in [0.3, 0.4) is 0 Å². The number of carboxylic acids is 1. The summed E-state index contributed by atoms with van der Waals surface area (Å²) in [5.74, 6) is -0.283. The number of rotatable bonds is 5. The number of carboxylic acid groups (broad SMARTS) is 1. The molecule has 1 aliphatic rings. The number of nitrogens with zero attached hydrogens (tertiary/aromatic N) is 2. The summed E-state index contributed by atoms with van der Waals surface area (Å²) in [6.07, 6.45) is 2.32. The van der Waals surface area contributed by atoms with Gasteiger partial charge in [-0.2, -0.15) is 5.10 Å². The lowest BCUT2D eigenvalue weighted by molar-refractivity contribution is -0.133. The van der Waals surface area contributed by atoms with Crippen LogP contribution in [0, 0.1) is 6.92 Å². The summed E-state index contributed by atoms with van der Waals surface area (Å²) in [6.45, 7) is 1.95. The lowest BCUT2D eigenvalue weighted by Crippen LogP contribution is -2.02. The van der Waals surface area contributed by atoms with Crippen molar-refractivity contribution >= 4 is 29.3 Å². The third kappa shape index (κ3) is 3.24. The molecule has 110 valence electrons. The van der Waals surface area contributed by atoms with E-state index in [2.05, 4.69) is 5.10 Å². The summed E-state index contributed by atoms with van der Waals surface area (Å²) in [4.78, 5) is 10.8. The van der Waals surface area contributed by atoms with Crippen molar-refractivity contribution in [2.75, 3.05) is 5.75 Å². The van der Waals surface area contributed by atoms with E-state index in [0.29, 0.717) is 10.9 Å². The van der Waals surface area contributed by atoms with Crippen LogP contribution >= 0.6 is 23.4 Å². The third-order valence-corrected chi connectivity index (χ3v) is 4.82. The van der Waals surface area contributed by atoms with Gasteiger partial charge in [0.15, 0.2) is 0 Å². The molecule has 1 heterocycles. The molecule has 1 N–H and O–H groups in total. The van der Waals surface area contributed by atoms with Crippen molar-refractivity contribution in [1.29, 1.82) is 0 Å². The van der Waals surface area contributed by atoms with Crippen LogP contribution in [0.5, 0.6) is 0 Å². The van der Waals surface area contributed by atoms with Crippen LogP contribution < -0.4 is 0 Å². The first-order valence-electron chi connectivity index (χ1n) is 6.75. The zero-order valence-corrected chi connectivity index (χ0v) is 13.1. The average molecular weight is 323 g/mol. The Hall–Kier alpha value is -1.46. The first kappa shape index (κ1) is 14.5. The molecule has 0 aliphatic heterocycles. The Kier molecular flexibility index (Phi) is 3.95. The lowest BCUT2D eigenvalue weighted by Gasteiger charge is -2.07. The van der Waals surface area contributed by atoms with Crippen LogP contribution in [0.1, 0.15) is 30.0 Å². The van der Waals surface area contributed by atoms with Gasteiger partial charge in [-0.3, -0.25) is 4.79 Å². The molecule has 4 nitrogen and oxygen atoms in total. The van der Waals surface area contributed by atoms with E-state index in [0.717, 1.165) is 34.8 Å². The molecule has 0 unspecified atom stereocenters. The zero-order chi connectivity index (χ0) is 15.0. The van der Waals surface area contributed by atoms with Gasteiger partial charge in [-0.1, -0.05) is 29.4 Å². The topological polar surface area (TPSA) is 55.1 Å². The molecule has 1 fully saturated rings. The van der Waals surface area contributed by atoms with Gasteiger partial charge in [0.1, 0.15) is 5.03 Å². The molecular weight excluding hydrogens is 308 g/mol. The number of hydrogen-bond acceptors (Lipinski definition) is 3. The van der Waals surface area contributed by atoms with Crippen molar-refractivity contribution in [2.24, 2.45) is 0 Å². The van der Waals surface area contributed by atoms with E-state index >= 15 is 0 Å². The number of hydrogen-bond donors (Lipinski definition) is 1. The largest absolute Gasteiger partial charge is 0.481 e. The molecular formula is C15H15ClN2O2S. The Morgan fingerprint density at radius 2 is 2.24 bits per heavy atom. The molecule has 1 aromatic carbocycles. The van der Waals surface area contributed by atoms with Crippen LogP contribution in [0.25, 0.3) is 5.69 Å². The summed E-state index contributed by atoms with van der Waals surface area (Å²) in [5.41, 5.74) is 2.92. The van der Waals surface area contributed by atoms with Crippen LogP contribution in [0.4, 0.5) is 0 Å². The summed E-state index contributed by atoms with van der Waals surface area (Å²) in [6, 6.07) is 7.77. The fraction of sp³-hybridized carbons (Fsp3) is 0.333. The van der Waals surface area contributed by atoms with Crippen molar-refractivity contribution in [1.82, 2.24) is 9.78 Å². The van der Waals surface area contributed by atoms with Crippen molar-refractivity contribution in [3.05, 3.63) is 40.5 Å². The summed E-state index contributed by atoms with van der Waals surface area (Å²) >= 11 is 7.47. The summed E-state index contributed by atoms with van der Waals surface area (Å²) in [5, 5.41) is 15.0. The minimum atomic E-state index is -0.831. The smallest absolute Gasteiger partial charge is 0.313 e. The van der Waals surface area contributed by atoms with Gasteiger partial charge < -0.3 is 5.11 Å². The number of thioether (sulfide) groups is 1. The Bertz CT molecular complexity index is 695. The van der Waals surface area contributed by atoms with Crippen molar-refractivity contribution < 1.29 is 9.90 Å². The summed E-state index contributed by atoms with van der Waals surface area (Å²) in [7, 11) is 0. The molecule has 0 saturated heterocycles. The first-order chi connectivity index (χ1) is 10.0. The number of aryl methyl sites for hydroxylation is 1. The molecule has 3 rings (SSSR count). The van der Waals surface area contributed by atoms with Crippen LogP contribution in [0.15, 0.2) is 29.3 Å². The summed E-state index contributed by atoms with van der Waals surface area (Å²) < 4.78 is 1.80. The standard InChI is InChI=1S/C15H15ClN2O2S/c1-9-2-5-11(6-12(9)16)18-14(21-8-15(19)20)7-13(17-18)10-3-4-10/h2,5-7,10H,3-4,8H2,1H3,(H,19,20). The van der Waals surface area contributed by atoms with E-state index < -0.39 is 5.97 Å². The molecule has 1 aliphatic carbocycles. The number of halogens is 1. The Labute approximate surface area is 132 Å². The number of carbonyl (C=O) groups is 1. The third-order valence-electron chi connectivity index (χ3n) is 3.43. The van der Waals surface area contributed by atoms with Crippen LogP contribution in [-0.2, 0) is 4.79 Å². The maximum absolute atomic E-state index is 10.8. The van der Waals surface area contributed by atoms with Gasteiger partial charge in [0, 0.05) is 10.9 Å². The van der Waals surface area contributed by atoms with Crippen molar-refractivity contribution in [3.8, 4) is 5.69 Å². The molecule has 0 atom stereocenters. The van der Waals surface area contributed by atoms with E-state index in [-0.39, 0.29) is 5.75 Å².